The van der Waals surface area contributed by atoms with Crippen molar-refractivity contribution in [1.82, 2.24) is 19.5 Å². The number of hydrogen-bond acceptors (Lipinski definition) is 5. The van der Waals surface area contributed by atoms with Crippen LogP contribution in [0.3, 0.4) is 0 Å². The van der Waals surface area contributed by atoms with E-state index < -0.39 is 5.60 Å². The smallest absolute Gasteiger partial charge is 0.109 e. The van der Waals surface area contributed by atoms with Crippen molar-refractivity contribution in [3.63, 3.8) is 0 Å². The Morgan fingerprint density at radius 2 is 1.74 bits per heavy atom. The van der Waals surface area contributed by atoms with Gasteiger partial charge in [0, 0.05) is 41.2 Å². The molecule has 220 valence electrons. The number of pyridine rings is 1. The van der Waals surface area contributed by atoms with Gasteiger partial charge in [-0.2, -0.15) is 4.73 Å². The van der Waals surface area contributed by atoms with E-state index in [4.69, 9.17) is 4.98 Å². The van der Waals surface area contributed by atoms with Gasteiger partial charge in [-0.3, -0.25) is 9.80 Å². The van der Waals surface area contributed by atoms with Crippen molar-refractivity contribution in [3.8, 4) is 11.3 Å². The second kappa shape index (κ2) is 10.7. The highest BCUT2D eigenvalue weighted by Gasteiger charge is 2.59. The summed E-state index contributed by atoms with van der Waals surface area (Å²) in [5.41, 5.74) is 3.73. The van der Waals surface area contributed by atoms with Crippen LogP contribution in [0.2, 0.25) is 0 Å². The average molecular weight is 565 g/mol. The third kappa shape index (κ3) is 4.29. The Morgan fingerprint density at radius 3 is 2.67 bits per heavy atom. The topological polar surface area (TPSA) is 64.8 Å². The molecule has 6 heteroatoms. The number of hydrogen-bond donors (Lipinski definition) is 2. The molecule has 2 saturated heterocycles. The molecule has 1 aromatic carbocycles. The Hall–Kier alpha value is -2.93. The summed E-state index contributed by atoms with van der Waals surface area (Å²) in [5, 5.41) is 25.6. The van der Waals surface area contributed by atoms with Gasteiger partial charge in [0.1, 0.15) is 5.69 Å². The van der Waals surface area contributed by atoms with Gasteiger partial charge in [-0.15, -0.1) is 0 Å². The zero-order valence-electron chi connectivity index (χ0n) is 24.6. The highest BCUT2D eigenvalue weighted by Crippen LogP contribution is 2.55. The molecule has 1 aromatic rings. The van der Waals surface area contributed by atoms with Gasteiger partial charge in [0.05, 0.1) is 16.8 Å². The fraction of sp³-hybridized carbons (Fsp3) is 0.528. The minimum absolute atomic E-state index is 0.0627. The number of aromatic nitrogens is 2. The van der Waals surface area contributed by atoms with Crippen LogP contribution in [-0.4, -0.2) is 73.2 Å². The van der Waals surface area contributed by atoms with E-state index in [0.29, 0.717) is 24.4 Å². The molecule has 0 saturated carbocycles. The summed E-state index contributed by atoms with van der Waals surface area (Å²) in [6, 6.07) is 11.1. The summed E-state index contributed by atoms with van der Waals surface area (Å²) >= 11 is 0. The molecule has 5 bridgehead atoms. The first-order chi connectivity index (χ1) is 20.6. The Balaban J connectivity index is 1.34. The summed E-state index contributed by atoms with van der Waals surface area (Å²) < 4.78 is 1.29. The molecule has 2 fully saturated rings. The van der Waals surface area contributed by atoms with Gasteiger partial charge in [0.25, 0.3) is 0 Å². The maximum absolute atomic E-state index is 13.0. The molecule has 0 radical (unpaired) electrons. The van der Waals surface area contributed by atoms with Crippen LogP contribution in [0.5, 0.6) is 0 Å². The lowest BCUT2D eigenvalue weighted by atomic mass is 9.58. The Labute approximate surface area is 249 Å². The van der Waals surface area contributed by atoms with Gasteiger partial charge in [0.2, 0.25) is 0 Å². The number of rotatable bonds is 1. The van der Waals surface area contributed by atoms with Gasteiger partial charge in [0.15, 0.2) is 0 Å². The quantitative estimate of drug-likeness (QED) is 0.260. The second-order valence-electron chi connectivity index (χ2n) is 13.5. The summed E-state index contributed by atoms with van der Waals surface area (Å²) in [6.45, 7) is 3.24. The minimum Gasteiger partial charge on any atom is -0.428 e. The number of fused-ring (bicyclic) bond motifs is 4. The molecule has 42 heavy (non-hydrogen) atoms. The SMILES string of the molecule is On1ccc2c3ccccc3nc-2c1C1=C[C@@]2(O)CC/C=C\CCCCN3CCC1C1[C@@H]3CC3/C=C\CCCCN3[C@H]12. The number of benzene rings is 1. The maximum Gasteiger partial charge on any atom is 0.109 e. The zero-order valence-corrected chi connectivity index (χ0v) is 24.6. The average Bonchev–Trinajstić information content (AvgIpc) is 3.35. The Morgan fingerprint density at radius 1 is 0.905 bits per heavy atom. The van der Waals surface area contributed by atoms with E-state index in [9.17, 15) is 10.3 Å². The lowest BCUT2D eigenvalue weighted by Crippen LogP contribution is -2.71. The van der Waals surface area contributed by atoms with Crippen molar-refractivity contribution >= 4 is 16.5 Å². The molecule has 2 N–H and O–H groups in total. The van der Waals surface area contributed by atoms with Gasteiger partial charge >= 0.3 is 0 Å². The second-order valence-corrected chi connectivity index (χ2v) is 13.5. The first-order valence-electron chi connectivity index (χ1n) is 16.5. The van der Waals surface area contributed by atoms with Crippen LogP contribution in [0, 0.1) is 11.8 Å². The van der Waals surface area contributed by atoms with Crippen molar-refractivity contribution in [1.29, 1.82) is 0 Å². The maximum atomic E-state index is 13.0. The Kier molecular flexibility index (Phi) is 6.77. The number of piperidine rings is 2. The molecular weight excluding hydrogens is 520 g/mol. The summed E-state index contributed by atoms with van der Waals surface area (Å²) in [4.78, 5) is 10.6. The van der Waals surface area contributed by atoms with Gasteiger partial charge in [-0.25, -0.2) is 4.98 Å². The molecule has 7 aliphatic rings. The van der Waals surface area contributed by atoms with Crippen molar-refractivity contribution < 1.29 is 10.3 Å². The van der Waals surface area contributed by atoms with Crippen LogP contribution in [0.15, 0.2) is 66.9 Å². The van der Waals surface area contributed by atoms with E-state index in [2.05, 4.69) is 58.4 Å². The van der Waals surface area contributed by atoms with E-state index in [-0.39, 0.29) is 12.0 Å². The van der Waals surface area contributed by atoms with Crippen molar-refractivity contribution in [2.45, 2.75) is 87.9 Å². The lowest BCUT2D eigenvalue weighted by molar-refractivity contribution is -0.131. The van der Waals surface area contributed by atoms with Crippen molar-refractivity contribution in [2.24, 2.45) is 11.8 Å². The first kappa shape index (κ1) is 26.7. The van der Waals surface area contributed by atoms with E-state index in [1.165, 1.54) is 30.4 Å². The van der Waals surface area contributed by atoms with Crippen LogP contribution >= 0.6 is 0 Å². The third-order valence-corrected chi connectivity index (χ3v) is 11.2. The monoisotopic (exact) mass is 564 g/mol. The van der Waals surface area contributed by atoms with Gasteiger partial charge in [-0.1, -0.05) is 42.5 Å². The zero-order chi connectivity index (χ0) is 28.3. The molecule has 0 aromatic heterocycles. The predicted molar refractivity (Wildman–Crippen MR) is 168 cm³/mol. The standard InChI is InChI=1S/C36H44N4O2/c41-36-18-10-4-1-2-5-11-19-38-21-16-27(32-31(38)23-25-13-7-3-6-12-20-39(25)35(32)36)29(24-36)34-33-28(17-22-40(34)42)26-14-8-9-15-30(26)37-33/h1,4,7-9,13-15,17,22,24-25,27,31-32,35,41-42H,2-3,5-6,10-12,16,18-21,23H2/b4-1-,13-7-/t25?,27?,31-,32?,35+,36-/m0/s1. The van der Waals surface area contributed by atoms with Crippen LogP contribution in [0.4, 0.5) is 0 Å². The van der Waals surface area contributed by atoms with Crippen LogP contribution in [-0.2, 0) is 0 Å². The van der Waals surface area contributed by atoms with E-state index in [0.717, 1.165) is 85.2 Å². The minimum atomic E-state index is -0.997. The molecule has 0 spiro atoms. The van der Waals surface area contributed by atoms with Crippen molar-refractivity contribution in [2.75, 3.05) is 19.6 Å². The van der Waals surface area contributed by atoms with E-state index in [1.54, 1.807) is 6.20 Å². The largest absolute Gasteiger partial charge is 0.428 e. The molecule has 8 rings (SSSR count). The van der Waals surface area contributed by atoms with Crippen LogP contribution < -0.4 is 0 Å². The number of nitrogens with zero attached hydrogens (tertiary/aromatic N) is 4. The molecule has 0 amide bonds. The van der Waals surface area contributed by atoms with Gasteiger partial charge < -0.3 is 10.3 Å². The first-order valence-corrected chi connectivity index (χ1v) is 16.5. The van der Waals surface area contributed by atoms with Crippen LogP contribution in [0.25, 0.3) is 27.7 Å². The fourth-order valence-electron chi connectivity index (χ4n) is 9.39. The van der Waals surface area contributed by atoms with E-state index in [1.807, 2.05) is 12.1 Å². The number of para-hydroxylation sites is 1. The molecule has 6 heterocycles. The highest BCUT2D eigenvalue weighted by molar-refractivity contribution is 6.00. The normalized spacial score (nSPS) is 37.0. The number of aliphatic hydroxyl groups is 1. The third-order valence-electron chi connectivity index (χ3n) is 11.2. The molecular formula is C36H44N4O2. The molecule has 6 aliphatic heterocycles. The number of allylic oxidation sites excluding steroid dienone is 4. The predicted octanol–water partition coefficient (Wildman–Crippen LogP) is 6.52. The van der Waals surface area contributed by atoms with E-state index >= 15 is 0 Å². The molecule has 6 nitrogen and oxygen atoms in total. The summed E-state index contributed by atoms with van der Waals surface area (Å²) in [5.74, 6) is 0.563. The molecule has 1 aliphatic carbocycles. The van der Waals surface area contributed by atoms with Crippen LogP contribution in [0.1, 0.15) is 69.9 Å². The molecule has 7 atom stereocenters. The fourth-order valence-corrected chi connectivity index (χ4v) is 9.39. The lowest BCUT2D eigenvalue weighted by Gasteiger charge is -2.63. The summed E-state index contributed by atoms with van der Waals surface area (Å²) in [7, 11) is 0. The Bertz CT molecular complexity index is 1520. The summed E-state index contributed by atoms with van der Waals surface area (Å²) in [6.07, 6.45) is 24.3. The van der Waals surface area contributed by atoms with Crippen molar-refractivity contribution in [3.05, 3.63) is 72.6 Å². The van der Waals surface area contributed by atoms with Gasteiger partial charge in [-0.05, 0) is 114 Å². The molecule has 4 unspecified atom stereocenters. The highest BCUT2D eigenvalue weighted by atomic mass is 16.5.